The van der Waals surface area contributed by atoms with E-state index in [1.165, 1.54) is 6.07 Å². The molecule has 0 bridgehead atoms. The summed E-state index contributed by atoms with van der Waals surface area (Å²) >= 11 is 12.0. The van der Waals surface area contributed by atoms with Gasteiger partial charge in [0, 0.05) is 36.7 Å². The first-order valence-corrected chi connectivity index (χ1v) is 8.16. The molecule has 8 heteroatoms. The molecule has 0 radical (unpaired) electrons. The number of H-pyrrole nitrogens is 1. The SMILES string of the molecule is CN(CCNCc1cc(Cl)cc(Cl)c1)c1nc2nc(F)ccc2[nH]1. The van der Waals surface area contributed by atoms with Crippen molar-refractivity contribution in [2.75, 3.05) is 25.0 Å². The maximum Gasteiger partial charge on any atom is 0.215 e. The highest BCUT2D eigenvalue weighted by Gasteiger charge is 2.09. The van der Waals surface area contributed by atoms with Crippen LogP contribution in [-0.2, 0) is 6.54 Å². The van der Waals surface area contributed by atoms with E-state index in [1.54, 1.807) is 12.1 Å². The molecular formula is C16H16Cl2FN5. The van der Waals surface area contributed by atoms with Crippen LogP contribution in [-0.4, -0.2) is 35.1 Å². The summed E-state index contributed by atoms with van der Waals surface area (Å²) in [6, 6.07) is 8.40. The van der Waals surface area contributed by atoms with E-state index in [9.17, 15) is 4.39 Å². The van der Waals surface area contributed by atoms with Gasteiger partial charge in [0.2, 0.25) is 11.9 Å². The molecule has 126 valence electrons. The number of nitrogens with one attached hydrogen (secondary N) is 2. The molecule has 3 rings (SSSR count). The predicted octanol–water partition coefficient (Wildman–Crippen LogP) is 3.63. The van der Waals surface area contributed by atoms with Crippen molar-refractivity contribution >= 4 is 40.3 Å². The van der Waals surface area contributed by atoms with Gasteiger partial charge in [-0.15, -0.1) is 0 Å². The third-order valence-corrected chi connectivity index (χ3v) is 3.97. The van der Waals surface area contributed by atoms with Crippen molar-refractivity contribution in [3.63, 3.8) is 0 Å². The first-order chi connectivity index (χ1) is 11.5. The first-order valence-electron chi connectivity index (χ1n) is 7.40. The lowest BCUT2D eigenvalue weighted by Crippen LogP contribution is -2.29. The Bertz CT molecular complexity index is 831. The zero-order chi connectivity index (χ0) is 17.1. The molecule has 2 aromatic heterocycles. The quantitative estimate of drug-likeness (QED) is 0.515. The third kappa shape index (κ3) is 4.14. The molecule has 0 unspecified atom stereocenters. The summed E-state index contributed by atoms with van der Waals surface area (Å²) in [7, 11) is 1.91. The normalized spacial score (nSPS) is 11.2. The summed E-state index contributed by atoms with van der Waals surface area (Å²) in [5.74, 6) is 0.112. The minimum Gasteiger partial charge on any atom is -0.344 e. The lowest BCUT2D eigenvalue weighted by Gasteiger charge is -2.16. The molecule has 2 N–H and O–H groups in total. The minimum atomic E-state index is -0.537. The van der Waals surface area contributed by atoms with Gasteiger partial charge in [0.25, 0.3) is 0 Å². The molecule has 2 heterocycles. The van der Waals surface area contributed by atoms with Gasteiger partial charge >= 0.3 is 0 Å². The molecule has 0 aliphatic rings. The van der Waals surface area contributed by atoms with Gasteiger partial charge in [-0.05, 0) is 35.9 Å². The van der Waals surface area contributed by atoms with E-state index < -0.39 is 5.95 Å². The number of imidazole rings is 1. The van der Waals surface area contributed by atoms with E-state index >= 15 is 0 Å². The van der Waals surface area contributed by atoms with Crippen LogP contribution < -0.4 is 10.2 Å². The molecule has 0 spiro atoms. The smallest absolute Gasteiger partial charge is 0.215 e. The van der Waals surface area contributed by atoms with Crippen molar-refractivity contribution in [3.05, 3.63) is 51.9 Å². The number of halogens is 3. The van der Waals surface area contributed by atoms with Crippen LogP contribution in [0, 0.1) is 5.95 Å². The standard InChI is InChI=1S/C16H16Cl2FN5/c1-24(16-21-13-2-3-14(19)22-15(13)23-16)5-4-20-9-10-6-11(17)8-12(18)7-10/h2-3,6-8,20H,4-5,9H2,1H3,(H,21,22,23). The van der Waals surface area contributed by atoms with E-state index in [-0.39, 0.29) is 0 Å². The van der Waals surface area contributed by atoms with E-state index in [1.807, 2.05) is 24.1 Å². The number of aromatic nitrogens is 3. The fraction of sp³-hybridized carbons (Fsp3) is 0.250. The molecule has 5 nitrogen and oxygen atoms in total. The highest BCUT2D eigenvalue weighted by atomic mass is 35.5. The van der Waals surface area contributed by atoms with Crippen LogP contribution in [0.25, 0.3) is 11.2 Å². The Labute approximate surface area is 148 Å². The van der Waals surface area contributed by atoms with Crippen molar-refractivity contribution < 1.29 is 4.39 Å². The van der Waals surface area contributed by atoms with E-state index in [0.717, 1.165) is 18.7 Å². The van der Waals surface area contributed by atoms with Crippen LogP contribution in [0.1, 0.15) is 5.56 Å². The maximum atomic E-state index is 13.1. The molecule has 1 aromatic carbocycles. The van der Waals surface area contributed by atoms with E-state index in [2.05, 4.69) is 20.3 Å². The molecule has 0 aliphatic heterocycles. The second kappa shape index (κ2) is 7.34. The second-order valence-corrected chi connectivity index (χ2v) is 6.31. The van der Waals surface area contributed by atoms with E-state index in [0.29, 0.717) is 33.7 Å². The summed E-state index contributed by atoms with van der Waals surface area (Å²) in [4.78, 5) is 13.1. The van der Waals surface area contributed by atoms with Crippen molar-refractivity contribution in [1.82, 2.24) is 20.3 Å². The van der Waals surface area contributed by atoms with Gasteiger partial charge in [-0.3, -0.25) is 0 Å². The summed E-state index contributed by atoms with van der Waals surface area (Å²) in [6.45, 7) is 2.12. The minimum absolute atomic E-state index is 0.373. The average molecular weight is 368 g/mol. The summed E-state index contributed by atoms with van der Waals surface area (Å²) in [5, 5.41) is 4.57. The van der Waals surface area contributed by atoms with Crippen LogP contribution in [0.15, 0.2) is 30.3 Å². The molecule has 0 amide bonds. The van der Waals surface area contributed by atoms with Crippen LogP contribution in [0.5, 0.6) is 0 Å². The Balaban J connectivity index is 1.53. The fourth-order valence-electron chi connectivity index (χ4n) is 2.34. The Morgan fingerprint density at radius 3 is 2.67 bits per heavy atom. The van der Waals surface area contributed by atoms with Crippen molar-refractivity contribution in [2.45, 2.75) is 6.54 Å². The van der Waals surface area contributed by atoms with Crippen molar-refractivity contribution in [2.24, 2.45) is 0 Å². The van der Waals surface area contributed by atoms with Crippen LogP contribution in [0.3, 0.4) is 0 Å². The zero-order valence-electron chi connectivity index (χ0n) is 13.0. The van der Waals surface area contributed by atoms with Gasteiger partial charge < -0.3 is 15.2 Å². The number of hydrogen-bond acceptors (Lipinski definition) is 4. The predicted molar refractivity (Wildman–Crippen MR) is 95.3 cm³/mol. The molecule has 0 aliphatic carbocycles. The topological polar surface area (TPSA) is 56.8 Å². The van der Waals surface area contributed by atoms with Gasteiger partial charge in [0.15, 0.2) is 5.65 Å². The number of rotatable bonds is 6. The monoisotopic (exact) mass is 367 g/mol. The largest absolute Gasteiger partial charge is 0.344 e. The number of nitrogens with zero attached hydrogens (tertiary/aromatic N) is 3. The highest BCUT2D eigenvalue weighted by molar-refractivity contribution is 6.34. The molecular weight excluding hydrogens is 352 g/mol. The van der Waals surface area contributed by atoms with Crippen molar-refractivity contribution in [3.8, 4) is 0 Å². The molecule has 3 aromatic rings. The number of anilines is 1. The Hall–Kier alpha value is -1.89. The Morgan fingerprint density at radius 1 is 1.17 bits per heavy atom. The second-order valence-electron chi connectivity index (χ2n) is 5.44. The number of pyridine rings is 1. The molecule has 0 fully saturated rings. The summed E-state index contributed by atoms with van der Waals surface area (Å²) < 4.78 is 13.1. The van der Waals surface area contributed by atoms with Gasteiger partial charge in [-0.25, -0.2) is 0 Å². The average Bonchev–Trinajstić information content (AvgIpc) is 2.93. The number of hydrogen-bond donors (Lipinski definition) is 2. The molecule has 0 saturated heterocycles. The molecule has 0 atom stereocenters. The summed E-state index contributed by atoms with van der Waals surface area (Å²) in [5.41, 5.74) is 2.11. The zero-order valence-corrected chi connectivity index (χ0v) is 14.5. The maximum absolute atomic E-state index is 13.1. The number of aromatic amines is 1. The van der Waals surface area contributed by atoms with Crippen LogP contribution >= 0.6 is 23.2 Å². The Morgan fingerprint density at radius 2 is 1.92 bits per heavy atom. The lowest BCUT2D eigenvalue weighted by molar-refractivity contribution is 0.588. The first kappa shape index (κ1) is 17.0. The number of benzene rings is 1. The van der Waals surface area contributed by atoms with E-state index in [4.69, 9.17) is 23.2 Å². The summed E-state index contributed by atoms with van der Waals surface area (Å²) in [6.07, 6.45) is 0. The molecule has 24 heavy (non-hydrogen) atoms. The van der Waals surface area contributed by atoms with Gasteiger partial charge in [0.1, 0.15) is 0 Å². The van der Waals surface area contributed by atoms with Crippen molar-refractivity contribution in [1.29, 1.82) is 0 Å². The lowest BCUT2D eigenvalue weighted by atomic mass is 10.2. The van der Waals surface area contributed by atoms with Crippen LogP contribution in [0.4, 0.5) is 10.3 Å². The fourth-order valence-corrected chi connectivity index (χ4v) is 2.91. The van der Waals surface area contributed by atoms with Crippen LogP contribution in [0.2, 0.25) is 10.0 Å². The molecule has 0 saturated carbocycles. The highest BCUT2D eigenvalue weighted by Crippen LogP contribution is 2.19. The number of fused-ring (bicyclic) bond motifs is 1. The third-order valence-electron chi connectivity index (χ3n) is 3.54. The number of likely N-dealkylation sites (N-methyl/N-ethyl adjacent to an activating group) is 1. The van der Waals surface area contributed by atoms with Gasteiger partial charge in [-0.2, -0.15) is 14.4 Å². The Kier molecular flexibility index (Phi) is 5.18. The van der Waals surface area contributed by atoms with Gasteiger partial charge in [-0.1, -0.05) is 23.2 Å². The van der Waals surface area contributed by atoms with Gasteiger partial charge in [0.05, 0.1) is 5.52 Å².